The van der Waals surface area contributed by atoms with Gasteiger partial charge in [-0.05, 0) is 31.0 Å². The molecular weight excluding hydrogens is 376 g/mol. The van der Waals surface area contributed by atoms with Gasteiger partial charge in [-0.25, -0.2) is 8.42 Å². The molecule has 1 fully saturated rings. The van der Waals surface area contributed by atoms with Crippen molar-refractivity contribution in [3.63, 3.8) is 0 Å². The van der Waals surface area contributed by atoms with Crippen LogP contribution in [0.3, 0.4) is 0 Å². The number of hydrogen-bond donors (Lipinski definition) is 0. The monoisotopic (exact) mass is 396 g/mol. The molecular formula is C17H20N2O5S2. The smallest absolute Gasteiger partial charge is 0.325 e. The first kappa shape index (κ1) is 18.8. The Labute approximate surface area is 155 Å². The third-order valence-corrected chi connectivity index (χ3v) is 6.66. The summed E-state index contributed by atoms with van der Waals surface area (Å²) in [5.41, 5.74) is 0.644. The van der Waals surface area contributed by atoms with Crippen LogP contribution >= 0.6 is 11.3 Å². The SMILES string of the molecule is COC(=O)Cn1c(=NC(=O)C2CCCC2)sc2cc(S(C)(=O)=O)ccc21. The second kappa shape index (κ2) is 7.32. The molecule has 2 aromatic rings. The second-order valence-corrected chi connectivity index (χ2v) is 9.40. The molecule has 26 heavy (non-hydrogen) atoms. The van der Waals surface area contributed by atoms with E-state index in [0.29, 0.717) is 15.0 Å². The van der Waals surface area contributed by atoms with E-state index in [1.165, 1.54) is 24.5 Å². The van der Waals surface area contributed by atoms with E-state index in [1.807, 2.05) is 0 Å². The van der Waals surface area contributed by atoms with E-state index in [0.717, 1.165) is 31.9 Å². The number of thiazole rings is 1. The van der Waals surface area contributed by atoms with Gasteiger partial charge in [0.15, 0.2) is 14.6 Å². The number of methoxy groups -OCH3 is 1. The lowest BCUT2D eigenvalue weighted by atomic mass is 10.1. The summed E-state index contributed by atoms with van der Waals surface area (Å²) in [5.74, 6) is -0.721. The van der Waals surface area contributed by atoms with E-state index in [-0.39, 0.29) is 23.3 Å². The molecule has 0 atom stereocenters. The Morgan fingerprint density at radius 3 is 2.62 bits per heavy atom. The summed E-state index contributed by atoms with van der Waals surface area (Å²) in [6.07, 6.45) is 4.86. The van der Waals surface area contributed by atoms with Gasteiger partial charge >= 0.3 is 5.97 Å². The molecule has 0 N–H and O–H groups in total. The average molecular weight is 396 g/mol. The predicted octanol–water partition coefficient (Wildman–Crippen LogP) is 1.90. The normalized spacial score (nSPS) is 16.3. The van der Waals surface area contributed by atoms with Crippen molar-refractivity contribution < 1.29 is 22.7 Å². The molecule has 1 amide bonds. The Balaban J connectivity index is 2.14. The van der Waals surface area contributed by atoms with Crippen molar-refractivity contribution in [2.45, 2.75) is 37.1 Å². The van der Waals surface area contributed by atoms with E-state index in [2.05, 4.69) is 4.99 Å². The van der Waals surface area contributed by atoms with Crippen LogP contribution in [-0.4, -0.2) is 38.2 Å². The molecule has 9 heteroatoms. The molecule has 7 nitrogen and oxygen atoms in total. The fourth-order valence-corrected chi connectivity index (χ4v) is 4.87. The number of nitrogens with zero attached hydrogens (tertiary/aromatic N) is 2. The summed E-state index contributed by atoms with van der Waals surface area (Å²) in [6, 6.07) is 4.66. The predicted molar refractivity (Wildman–Crippen MR) is 97.5 cm³/mol. The van der Waals surface area contributed by atoms with Crippen molar-refractivity contribution in [2.75, 3.05) is 13.4 Å². The third-order valence-electron chi connectivity index (χ3n) is 4.51. The van der Waals surface area contributed by atoms with E-state index in [9.17, 15) is 18.0 Å². The number of ether oxygens (including phenoxy) is 1. The zero-order valence-electron chi connectivity index (χ0n) is 14.6. The number of benzene rings is 1. The maximum atomic E-state index is 12.4. The first-order valence-corrected chi connectivity index (χ1v) is 11.0. The lowest BCUT2D eigenvalue weighted by molar-refractivity contribution is -0.141. The maximum Gasteiger partial charge on any atom is 0.325 e. The van der Waals surface area contributed by atoms with Crippen molar-refractivity contribution in [3.05, 3.63) is 23.0 Å². The molecule has 0 radical (unpaired) electrons. The van der Waals surface area contributed by atoms with E-state index >= 15 is 0 Å². The van der Waals surface area contributed by atoms with Gasteiger partial charge in [0.05, 0.1) is 22.2 Å². The van der Waals surface area contributed by atoms with Crippen molar-refractivity contribution in [1.82, 2.24) is 4.57 Å². The number of esters is 1. The maximum absolute atomic E-state index is 12.4. The number of carbonyl (C=O) groups is 2. The number of carbonyl (C=O) groups excluding carboxylic acids is 2. The molecule has 1 aliphatic rings. The summed E-state index contributed by atoms with van der Waals surface area (Å²) < 4.78 is 30.6. The van der Waals surface area contributed by atoms with Crippen LogP contribution in [0.25, 0.3) is 10.2 Å². The van der Waals surface area contributed by atoms with Gasteiger partial charge in [-0.3, -0.25) is 9.59 Å². The van der Waals surface area contributed by atoms with Gasteiger partial charge < -0.3 is 9.30 Å². The highest BCUT2D eigenvalue weighted by Gasteiger charge is 2.23. The van der Waals surface area contributed by atoms with E-state index in [4.69, 9.17) is 4.74 Å². The molecule has 140 valence electrons. The molecule has 0 spiro atoms. The fourth-order valence-electron chi connectivity index (χ4n) is 3.07. The van der Waals surface area contributed by atoms with Gasteiger partial charge in [-0.1, -0.05) is 24.2 Å². The number of amides is 1. The van der Waals surface area contributed by atoms with Crippen molar-refractivity contribution in [3.8, 4) is 0 Å². The highest BCUT2D eigenvalue weighted by molar-refractivity contribution is 7.90. The zero-order valence-corrected chi connectivity index (χ0v) is 16.2. The fraction of sp³-hybridized carbons (Fsp3) is 0.471. The highest BCUT2D eigenvalue weighted by Crippen LogP contribution is 2.26. The second-order valence-electron chi connectivity index (χ2n) is 6.38. The first-order chi connectivity index (χ1) is 12.3. The number of sulfone groups is 1. The molecule has 1 aromatic heterocycles. The summed E-state index contributed by atoms with van der Waals surface area (Å²) >= 11 is 1.20. The molecule has 0 bridgehead atoms. The number of aromatic nitrogens is 1. The largest absolute Gasteiger partial charge is 0.468 e. The zero-order chi connectivity index (χ0) is 18.9. The quantitative estimate of drug-likeness (QED) is 0.736. The van der Waals surface area contributed by atoms with Crippen LogP contribution in [0.1, 0.15) is 25.7 Å². The van der Waals surface area contributed by atoms with Gasteiger partial charge in [-0.2, -0.15) is 4.99 Å². The average Bonchev–Trinajstić information content (AvgIpc) is 3.22. The Bertz CT molecular complexity index is 1030. The van der Waals surface area contributed by atoms with Crippen LogP contribution in [0.4, 0.5) is 0 Å². The van der Waals surface area contributed by atoms with Crippen LogP contribution in [0.2, 0.25) is 0 Å². The highest BCUT2D eigenvalue weighted by atomic mass is 32.2. The molecule has 3 rings (SSSR count). The minimum absolute atomic E-state index is 0.0710. The molecule has 0 saturated heterocycles. The van der Waals surface area contributed by atoms with Crippen molar-refractivity contribution in [1.29, 1.82) is 0 Å². The standard InChI is InChI=1S/C17H20N2O5S2/c1-24-15(20)10-19-13-8-7-12(26(2,22)23)9-14(13)25-17(19)18-16(21)11-5-3-4-6-11/h7-9,11H,3-6,10H2,1-2H3. The van der Waals surface area contributed by atoms with Crippen LogP contribution in [0, 0.1) is 5.92 Å². The van der Waals surface area contributed by atoms with Gasteiger partial charge in [-0.15, -0.1) is 0 Å². The molecule has 1 heterocycles. The van der Waals surface area contributed by atoms with Gasteiger partial charge in [0, 0.05) is 12.2 Å². The molecule has 1 aromatic carbocycles. The minimum atomic E-state index is -3.35. The van der Waals surface area contributed by atoms with Crippen LogP contribution in [-0.2, 0) is 30.7 Å². The van der Waals surface area contributed by atoms with Crippen LogP contribution < -0.4 is 4.80 Å². The van der Waals surface area contributed by atoms with Crippen LogP contribution in [0.5, 0.6) is 0 Å². The Morgan fingerprint density at radius 2 is 2.00 bits per heavy atom. The number of hydrogen-bond acceptors (Lipinski definition) is 6. The van der Waals surface area contributed by atoms with Crippen molar-refractivity contribution >= 4 is 43.3 Å². The van der Waals surface area contributed by atoms with E-state index in [1.54, 1.807) is 16.7 Å². The number of fused-ring (bicyclic) bond motifs is 1. The van der Waals surface area contributed by atoms with Gasteiger partial charge in [0.25, 0.3) is 5.91 Å². The van der Waals surface area contributed by atoms with Crippen LogP contribution in [0.15, 0.2) is 28.1 Å². The minimum Gasteiger partial charge on any atom is -0.468 e. The third kappa shape index (κ3) is 3.88. The Morgan fingerprint density at radius 1 is 1.31 bits per heavy atom. The Kier molecular flexibility index (Phi) is 5.29. The lowest BCUT2D eigenvalue weighted by Crippen LogP contribution is -2.23. The summed E-state index contributed by atoms with van der Waals surface area (Å²) in [5, 5.41) is 0. The topological polar surface area (TPSA) is 94.8 Å². The van der Waals surface area contributed by atoms with Gasteiger partial charge in [0.2, 0.25) is 0 Å². The summed E-state index contributed by atoms with van der Waals surface area (Å²) in [4.78, 5) is 29.0. The van der Waals surface area contributed by atoms with Gasteiger partial charge in [0.1, 0.15) is 6.54 Å². The number of rotatable bonds is 4. The van der Waals surface area contributed by atoms with E-state index < -0.39 is 15.8 Å². The molecule has 1 aliphatic carbocycles. The molecule has 0 aliphatic heterocycles. The Hall–Kier alpha value is -2.00. The van der Waals surface area contributed by atoms with Crippen molar-refractivity contribution in [2.24, 2.45) is 10.9 Å². The lowest BCUT2D eigenvalue weighted by Gasteiger charge is -2.05. The summed E-state index contributed by atoms with van der Waals surface area (Å²) in [6.45, 7) is -0.0918. The molecule has 0 unspecified atom stereocenters. The molecule has 1 saturated carbocycles. The summed E-state index contributed by atoms with van der Waals surface area (Å²) in [7, 11) is -2.06. The first-order valence-electron chi connectivity index (χ1n) is 8.28.